The van der Waals surface area contributed by atoms with E-state index in [1.165, 1.54) is 35.0 Å². The van der Waals surface area contributed by atoms with Gasteiger partial charge >= 0.3 is 0 Å². The van der Waals surface area contributed by atoms with Crippen molar-refractivity contribution in [3.05, 3.63) is 40.5 Å². The molecule has 1 aromatic carbocycles. The number of anilines is 1. The third kappa shape index (κ3) is 3.73. The average Bonchev–Trinajstić information content (AvgIpc) is 3.06. The minimum Gasteiger partial charge on any atom is -0.495 e. The number of hydrogen-bond donors (Lipinski definition) is 1. The van der Waals surface area contributed by atoms with E-state index in [1.54, 1.807) is 18.4 Å². The van der Waals surface area contributed by atoms with E-state index in [-0.39, 0.29) is 11.2 Å². The Morgan fingerprint density at radius 3 is 2.86 bits per heavy atom. The fourth-order valence-corrected chi connectivity index (χ4v) is 5.91. The van der Waals surface area contributed by atoms with E-state index in [2.05, 4.69) is 10.3 Å². The molecule has 1 aliphatic rings. The standard InChI is InChI=1S/C21H23N3O2S2/c1-12(19(25)24-15-9-5-6-10-16(15)26-3)27-20-18-14-8-4-7-11-17(14)28-21(18)23-13(2)22-20/h5-6,9-10,12H,4,7-8,11H2,1-3H3,(H,24,25)/t12-/m0/s1. The SMILES string of the molecule is COc1ccccc1NC(=O)[C@H](C)Sc1nc(C)nc2sc3c(c12)CCCC3. The Bertz CT molecular complexity index is 1030. The number of hydrogen-bond acceptors (Lipinski definition) is 6. The molecule has 1 amide bonds. The van der Waals surface area contributed by atoms with Gasteiger partial charge in [-0.15, -0.1) is 11.3 Å². The summed E-state index contributed by atoms with van der Waals surface area (Å²) < 4.78 is 5.33. The van der Waals surface area contributed by atoms with Crippen molar-refractivity contribution in [2.75, 3.05) is 12.4 Å². The smallest absolute Gasteiger partial charge is 0.237 e. The Kier molecular flexibility index (Phi) is 5.55. The molecule has 28 heavy (non-hydrogen) atoms. The Labute approximate surface area is 172 Å². The predicted octanol–water partition coefficient (Wildman–Crippen LogP) is 5.01. The fourth-order valence-electron chi connectivity index (χ4n) is 3.51. The summed E-state index contributed by atoms with van der Waals surface area (Å²) >= 11 is 3.30. The van der Waals surface area contributed by atoms with E-state index in [1.807, 2.05) is 38.1 Å². The second-order valence-electron chi connectivity index (χ2n) is 6.92. The molecule has 1 atom stereocenters. The lowest BCUT2D eigenvalue weighted by molar-refractivity contribution is -0.115. The Balaban J connectivity index is 1.60. The topological polar surface area (TPSA) is 64.1 Å². The average molecular weight is 414 g/mol. The molecule has 2 aromatic heterocycles. The summed E-state index contributed by atoms with van der Waals surface area (Å²) in [6.07, 6.45) is 4.66. The first-order chi connectivity index (χ1) is 13.6. The van der Waals surface area contributed by atoms with Crippen LogP contribution in [0, 0.1) is 6.92 Å². The highest BCUT2D eigenvalue weighted by molar-refractivity contribution is 8.00. The normalized spacial score (nSPS) is 14.5. The van der Waals surface area contributed by atoms with Crippen LogP contribution in [0.15, 0.2) is 29.3 Å². The van der Waals surface area contributed by atoms with Gasteiger partial charge in [0.05, 0.1) is 18.0 Å². The lowest BCUT2D eigenvalue weighted by atomic mass is 9.97. The first kappa shape index (κ1) is 19.2. The molecule has 0 bridgehead atoms. The van der Waals surface area contributed by atoms with Gasteiger partial charge in [0, 0.05) is 10.3 Å². The number of nitrogens with zero attached hydrogens (tertiary/aromatic N) is 2. The van der Waals surface area contributed by atoms with Crippen LogP contribution in [0.1, 0.15) is 36.0 Å². The maximum absolute atomic E-state index is 12.8. The molecule has 1 aliphatic carbocycles. The van der Waals surface area contributed by atoms with Gasteiger partial charge < -0.3 is 10.1 Å². The van der Waals surface area contributed by atoms with Crippen LogP contribution in [0.2, 0.25) is 0 Å². The molecular formula is C21H23N3O2S2. The Hall–Kier alpha value is -2.12. The van der Waals surface area contributed by atoms with Gasteiger partial charge in [0.1, 0.15) is 21.4 Å². The van der Waals surface area contributed by atoms with Crippen LogP contribution in [0.3, 0.4) is 0 Å². The number of thioether (sulfide) groups is 1. The summed E-state index contributed by atoms with van der Waals surface area (Å²) in [5.41, 5.74) is 2.07. The first-order valence-corrected chi connectivity index (χ1v) is 11.2. The monoisotopic (exact) mass is 413 g/mol. The minimum atomic E-state index is -0.290. The van der Waals surface area contributed by atoms with Gasteiger partial charge in [-0.1, -0.05) is 23.9 Å². The van der Waals surface area contributed by atoms with Crippen LogP contribution in [0.5, 0.6) is 5.75 Å². The quantitative estimate of drug-likeness (QED) is 0.471. The lowest BCUT2D eigenvalue weighted by Gasteiger charge is -2.15. The van der Waals surface area contributed by atoms with Crippen molar-refractivity contribution < 1.29 is 9.53 Å². The molecule has 1 N–H and O–H groups in total. The maximum Gasteiger partial charge on any atom is 0.237 e. The Morgan fingerprint density at radius 1 is 1.25 bits per heavy atom. The summed E-state index contributed by atoms with van der Waals surface area (Å²) in [7, 11) is 1.60. The summed E-state index contributed by atoms with van der Waals surface area (Å²) in [6, 6.07) is 7.44. The number of methoxy groups -OCH3 is 1. The van der Waals surface area contributed by atoms with E-state index >= 15 is 0 Å². The molecule has 0 saturated carbocycles. The predicted molar refractivity (Wildman–Crippen MR) is 116 cm³/mol. The van der Waals surface area contributed by atoms with Crippen LogP contribution < -0.4 is 10.1 Å². The molecule has 0 saturated heterocycles. The summed E-state index contributed by atoms with van der Waals surface area (Å²) in [6.45, 7) is 3.83. The van der Waals surface area contributed by atoms with Crippen molar-refractivity contribution in [3.63, 3.8) is 0 Å². The number of nitrogens with one attached hydrogen (secondary N) is 1. The molecule has 0 spiro atoms. The van der Waals surface area contributed by atoms with Crippen molar-refractivity contribution in [2.45, 2.75) is 49.8 Å². The van der Waals surface area contributed by atoms with E-state index in [0.717, 1.165) is 33.9 Å². The van der Waals surface area contributed by atoms with Crippen molar-refractivity contribution in [1.29, 1.82) is 0 Å². The number of amides is 1. The molecule has 0 aliphatic heterocycles. The molecule has 0 radical (unpaired) electrons. The van der Waals surface area contributed by atoms with E-state index < -0.39 is 0 Å². The number of benzene rings is 1. The number of thiophene rings is 1. The van der Waals surface area contributed by atoms with Crippen molar-refractivity contribution in [3.8, 4) is 5.75 Å². The summed E-state index contributed by atoms with van der Waals surface area (Å²) in [5.74, 6) is 1.34. The molecule has 2 heterocycles. The zero-order valence-corrected chi connectivity index (χ0v) is 17.9. The number of fused-ring (bicyclic) bond motifs is 3. The Morgan fingerprint density at radius 2 is 2.04 bits per heavy atom. The number of carbonyl (C=O) groups excluding carboxylic acids is 1. The fraction of sp³-hybridized carbons (Fsp3) is 0.381. The zero-order chi connectivity index (χ0) is 19.7. The highest BCUT2D eigenvalue weighted by Gasteiger charge is 2.24. The number of ether oxygens (including phenoxy) is 1. The second-order valence-corrected chi connectivity index (χ2v) is 9.33. The number of para-hydroxylation sites is 2. The van der Waals surface area contributed by atoms with Crippen LogP contribution in [0.4, 0.5) is 5.69 Å². The van der Waals surface area contributed by atoms with E-state index in [9.17, 15) is 4.79 Å². The number of aromatic nitrogens is 2. The van der Waals surface area contributed by atoms with Gasteiger partial charge in [0.15, 0.2) is 0 Å². The zero-order valence-electron chi connectivity index (χ0n) is 16.2. The molecule has 7 heteroatoms. The molecule has 0 unspecified atom stereocenters. The van der Waals surface area contributed by atoms with Crippen molar-refractivity contribution >= 4 is 44.9 Å². The van der Waals surface area contributed by atoms with Crippen molar-refractivity contribution in [2.24, 2.45) is 0 Å². The molecule has 146 valence electrons. The maximum atomic E-state index is 12.8. The molecule has 3 aromatic rings. The minimum absolute atomic E-state index is 0.0667. The van der Waals surface area contributed by atoms with Gasteiger partial charge in [-0.3, -0.25) is 4.79 Å². The first-order valence-electron chi connectivity index (χ1n) is 9.46. The highest BCUT2D eigenvalue weighted by Crippen LogP contribution is 2.40. The van der Waals surface area contributed by atoms with Gasteiger partial charge in [0.2, 0.25) is 5.91 Å². The van der Waals surface area contributed by atoms with Gasteiger partial charge in [-0.25, -0.2) is 9.97 Å². The molecular weight excluding hydrogens is 390 g/mol. The lowest BCUT2D eigenvalue weighted by Crippen LogP contribution is -2.23. The third-order valence-corrected chi connectivity index (χ3v) is 7.19. The van der Waals surface area contributed by atoms with Crippen LogP contribution >= 0.6 is 23.1 Å². The van der Waals surface area contributed by atoms with Crippen LogP contribution in [-0.4, -0.2) is 28.2 Å². The summed E-state index contributed by atoms with van der Waals surface area (Å²) in [5, 5.41) is 4.76. The second kappa shape index (κ2) is 8.09. The van der Waals surface area contributed by atoms with Gasteiger partial charge in [-0.05, 0) is 57.2 Å². The number of carbonyl (C=O) groups is 1. The van der Waals surface area contributed by atoms with Crippen molar-refractivity contribution in [1.82, 2.24) is 9.97 Å². The largest absolute Gasteiger partial charge is 0.495 e. The van der Waals surface area contributed by atoms with E-state index in [4.69, 9.17) is 9.72 Å². The van der Waals surface area contributed by atoms with Crippen LogP contribution in [-0.2, 0) is 17.6 Å². The van der Waals surface area contributed by atoms with E-state index in [0.29, 0.717) is 11.4 Å². The third-order valence-electron chi connectivity index (χ3n) is 4.92. The molecule has 4 rings (SSSR count). The summed E-state index contributed by atoms with van der Waals surface area (Å²) in [4.78, 5) is 24.7. The van der Waals surface area contributed by atoms with Crippen LogP contribution in [0.25, 0.3) is 10.2 Å². The number of aryl methyl sites for hydroxylation is 3. The molecule has 0 fully saturated rings. The van der Waals surface area contributed by atoms with Gasteiger partial charge in [0.25, 0.3) is 0 Å². The number of rotatable bonds is 5. The highest BCUT2D eigenvalue weighted by atomic mass is 32.2. The van der Waals surface area contributed by atoms with Gasteiger partial charge in [-0.2, -0.15) is 0 Å². The molecule has 5 nitrogen and oxygen atoms in total.